The van der Waals surface area contributed by atoms with E-state index in [4.69, 9.17) is 4.74 Å². The maximum atomic E-state index is 12.4. The summed E-state index contributed by atoms with van der Waals surface area (Å²) in [6.07, 6.45) is 4.73. The van der Waals surface area contributed by atoms with E-state index >= 15 is 0 Å². The normalized spacial score (nSPS) is 21.4. The highest BCUT2D eigenvalue weighted by molar-refractivity contribution is 5.79. The Labute approximate surface area is 125 Å². The van der Waals surface area contributed by atoms with E-state index in [0.29, 0.717) is 17.4 Å². The molecular weight excluding hydrogens is 266 g/mol. The van der Waals surface area contributed by atoms with Gasteiger partial charge < -0.3 is 14.7 Å². The number of hydrogen-bond acceptors (Lipinski definition) is 3. The molecule has 1 N–H and O–H groups in total. The molecule has 4 nitrogen and oxygen atoms in total. The first-order valence-electron chi connectivity index (χ1n) is 7.81. The zero-order valence-electron chi connectivity index (χ0n) is 12.4. The molecule has 0 aromatic heterocycles. The number of para-hydroxylation sites is 1. The minimum absolute atomic E-state index is 0.124. The van der Waals surface area contributed by atoms with Crippen molar-refractivity contribution in [3.63, 3.8) is 0 Å². The first kappa shape index (κ1) is 14.4. The SMILES string of the molecule is O=C(Cc1ccccc1O)N1CCC2(CCOCC2)CC1. The Balaban J connectivity index is 1.57. The number of amides is 1. The maximum absolute atomic E-state index is 12.4. The van der Waals surface area contributed by atoms with E-state index in [2.05, 4.69) is 0 Å². The zero-order chi connectivity index (χ0) is 14.7. The summed E-state index contributed by atoms with van der Waals surface area (Å²) in [4.78, 5) is 14.3. The molecule has 1 aromatic rings. The Hall–Kier alpha value is -1.55. The van der Waals surface area contributed by atoms with Crippen LogP contribution in [0.2, 0.25) is 0 Å². The van der Waals surface area contributed by atoms with Gasteiger partial charge in [0.2, 0.25) is 5.91 Å². The molecule has 2 aliphatic heterocycles. The Morgan fingerprint density at radius 1 is 1.14 bits per heavy atom. The average molecular weight is 289 g/mol. The molecule has 0 atom stereocenters. The molecule has 0 aliphatic carbocycles. The average Bonchev–Trinajstić information content (AvgIpc) is 2.51. The monoisotopic (exact) mass is 289 g/mol. The molecule has 2 fully saturated rings. The fourth-order valence-corrected chi connectivity index (χ4v) is 3.47. The first-order chi connectivity index (χ1) is 10.2. The number of phenols is 1. The summed E-state index contributed by atoms with van der Waals surface area (Å²) in [7, 11) is 0. The molecule has 0 bridgehead atoms. The summed E-state index contributed by atoms with van der Waals surface area (Å²) < 4.78 is 5.46. The number of likely N-dealkylation sites (tertiary alicyclic amines) is 1. The lowest BCUT2D eigenvalue weighted by Crippen LogP contribution is -2.45. The van der Waals surface area contributed by atoms with Crippen LogP contribution in [0, 0.1) is 5.41 Å². The Morgan fingerprint density at radius 3 is 2.48 bits per heavy atom. The highest BCUT2D eigenvalue weighted by atomic mass is 16.5. The minimum atomic E-state index is 0.124. The van der Waals surface area contributed by atoms with Crippen LogP contribution in [0.1, 0.15) is 31.2 Å². The van der Waals surface area contributed by atoms with Gasteiger partial charge in [0.1, 0.15) is 5.75 Å². The molecule has 2 saturated heterocycles. The van der Waals surface area contributed by atoms with Crippen LogP contribution in [-0.4, -0.2) is 42.2 Å². The Kier molecular flexibility index (Phi) is 4.15. The predicted octanol–water partition coefficient (Wildman–Crippen LogP) is 2.35. The smallest absolute Gasteiger partial charge is 0.227 e. The van der Waals surface area contributed by atoms with Gasteiger partial charge in [-0.15, -0.1) is 0 Å². The van der Waals surface area contributed by atoms with Crippen LogP contribution in [0.15, 0.2) is 24.3 Å². The fourth-order valence-electron chi connectivity index (χ4n) is 3.47. The molecule has 1 amide bonds. The molecule has 3 rings (SSSR count). The topological polar surface area (TPSA) is 49.8 Å². The van der Waals surface area contributed by atoms with Crippen molar-refractivity contribution in [2.75, 3.05) is 26.3 Å². The van der Waals surface area contributed by atoms with Gasteiger partial charge in [-0.1, -0.05) is 18.2 Å². The van der Waals surface area contributed by atoms with Crippen LogP contribution < -0.4 is 0 Å². The fraction of sp³-hybridized carbons (Fsp3) is 0.588. The minimum Gasteiger partial charge on any atom is -0.508 e. The Bertz CT molecular complexity index is 499. The summed E-state index contributed by atoms with van der Waals surface area (Å²) in [6.45, 7) is 3.41. The summed E-state index contributed by atoms with van der Waals surface area (Å²) in [6, 6.07) is 7.08. The second kappa shape index (κ2) is 6.06. The second-order valence-corrected chi connectivity index (χ2v) is 6.30. The number of aromatic hydroxyl groups is 1. The van der Waals surface area contributed by atoms with Gasteiger partial charge in [0.15, 0.2) is 0 Å². The highest BCUT2D eigenvalue weighted by Gasteiger charge is 2.37. The van der Waals surface area contributed by atoms with Crippen LogP contribution in [-0.2, 0) is 16.0 Å². The number of rotatable bonds is 2. The van der Waals surface area contributed by atoms with Gasteiger partial charge in [-0.3, -0.25) is 4.79 Å². The van der Waals surface area contributed by atoms with E-state index in [0.717, 1.165) is 52.0 Å². The number of hydrogen-bond donors (Lipinski definition) is 1. The standard InChI is InChI=1S/C17H23NO3/c19-15-4-2-1-3-14(15)13-16(20)18-9-5-17(6-10-18)7-11-21-12-8-17/h1-4,19H,5-13H2. The third kappa shape index (κ3) is 3.21. The third-order valence-electron chi connectivity index (χ3n) is 5.06. The predicted molar refractivity (Wildman–Crippen MR) is 80.1 cm³/mol. The van der Waals surface area contributed by atoms with Crippen LogP contribution in [0.3, 0.4) is 0 Å². The van der Waals surface area contributed by atoms with E-state index in [1.54, 1.807) is 12.1 Å². The summed E-state index contributed by atoms with van der Waals surface area (Å²) in [5, 5.41) is 9.77. The largest absolute Gasteiger partial charge is 0.508 e. The van der Waals surface area contributed by atoms with Crippen molar-refractivity contribution in [3.8, 4) is 5.75 Å². The molecule has 0 unspecified atom stereocenters. The Morgan fingerprint density at radius 2 is 1.81 bits per heavy atom. The van der Waals surface area contributed by atoms with Crippen molar-refractivity contribution in [3.05, 3.63) is 29.8 Å². The number of nitrogens with zero attached hydrogens (tertiary/aromatic N) is 1. The molecule has 21 heavy (non-hydrogen) atoms. The van der Waals surface area contributed by atoms with Gasteiger partial charge >= 0.3 is 0 Å². The lowest BCUT2D eigenvalue weighted by atomic mass is 9.72. The lowest BCUT2D eigenvalue weighted by molar-refractivity contribution is -0.134. The number of carbonyl (C=O) groups is 1. The molecule has 0 radical (unpaired) electrons. The van der Waals surface area contributed by atoms with Crippen LogP contribution in [0.4, 0.5) is 0 Å². The van der Waals surface area contributed by atoms with Crippen LogP contribution >= 0.6 is 0 Å². The van der Waals surface area contributed by atoms with E-state index in [1.807, 2.05) is 17.0 Å². The van der Waals surface area contributed by atoms with Crippen molar-refractivity contribution >= 4 is 5.91 Å². The number of benzene rings is 1. The maximum Gasteiger partial charge on any atom is 0.227 e. The zero-order valence-corrected chi connectivity index (χ0v) is 12.4. The number of phenolic OH excluding ortho intramolecular Hbond substituents is 1. The van der Waals surface area contributed by atoms with Gasteiger partial charge in [-0.2, -0.15) is 0 Å². The number of ether oxygens (including phenoxy) is 1. The molecular formula is C17H23NO3. The number of piperidine rings is 1. The van der Waals surface area contributed by atoms with E-state index < -0.39 is 0 Å². The van der Waals surface area contributed by atoms with E-state index in [1.165, 1.54) is 0 Å². The molecule has 1 aromatic carbocycles. The van der Waals surface area contributed by atoms with Gasteiger partial charge in [-0.25, -0.2) is 0 Å². The van der Waals surface area contributed by atoms with Crippen molar-refractivity contribution in [1.82, 2.24) is 4.90 Å². The third-order valence-corrected chi connectivity index (χ3v) is 5.06. The lowest BCUT2D eigenvalue weighted by Gasteiger charge is -2.44. The van der Waals surface area contributed by atoms with Crippen molar-refractivity contribution in [2.24, 2.45) is 5.41 Å². The van der Waals surface area contributed by atoms with Crippen molar-refractivity contribution in [2.45, 2.75) is 32.1 Å². The molecule has 0 saturated carbocycles. The van der Waals surface area contributed by atoms with E-state index in [-0.39, 0.29) is 11.7 Å². The van der Waals surface area contributed by atoms with Crippen LogP contribution in [0.25, 0.3) is 0 Å². The van der Waals surface area contributed by atoms with Gasteiger partial charge in [0.05, 0.1) is 6.42 Å². The molecule has 4 heteroatoms. The van der Waals surface area contributed by atoms with Crippen LogP contribution in [0.5, 0.6) is 5.75 Å². The van der Waals surface area contributed by atoms with Gasteiger partial charge in [0.25, 0.3) is 0 Å². The van der Waals surface area contributed by atoms with Crippen molar-refractivity contribution in [1.29, 1.82) is 0 Å². The molecule has 1 spiro atoms. The molecule has 114 valence electrons. The summed E-state index contributed by atoms with van der Waals surface area (Å²) in [5.41, 5.74) is 1.12. The molecule has 2 aliphatic rings. The quantitative estimate of drug-likeness (QED) is 0.909. The van der Waals surface area contributed by atoms with Gasteiger partial charge in [0, 0.05) is 31.9 Å². The highest BCUT2D eigenvalue weighted by Crippen LogP contribution is 2.40. The number of carbonyl (C=O) groups excluding carboxylic acids is 1. The first-order valence-corrected chi connectivity index (χ1v) is 7.81. The summed E-state index contributed by atoms with van der Waals surface area (Å²) >= 11 is 0. The van der Waals surface area contributed by atoms with E-state index in [9.17, 15) is 9.90 Å². The molecule has 2 heterocycles. The summed E-state index contributed by atoms with van der Waals surface area (Å²) in [5.74, 6) is 0.335. The van der Waals surface area contributed by atoms with Gasteiger partial charge in [-0.05, 0) is 37.2 Å². The van der Waals surface area contributed by atoms with Crippen molar-refractivity contribution < 1.29 is 14.6 Å². The second-order valence-electron chi connectivity index (χ2n) is 6.30.